The zero-order valence-electron chi connectivity index (χ0n) is 10.5. The molecule has 3 rings (SSSR count). The van der Waals surface area contributed by atoms with Crippen LogP contribution in [0.1, 0.15) is 59.3 Å². The van der Waals surface area contributed by atoms with Gasteiger partial charge in [-0.25, -0.2) is 0 Å². The first kappa shape index (κ1) is 9.93. The Morgan fingerprint density at radius 1 is 1.20 bits per heavy atom. The first-order chi connectivity index (χ1) is 6.96. The Morgan fingerprint density at radius 3 is 2.67 bits per heavy atom. The molecule has 0 heteroatoms. The Labute approximate surface area is 94.1 Å². The Kier molecular flexibility index (Phi) is 1.67. The molecule has 0 bridgehead atoms. The molecule has 0 saturated heterocycles. The van der Waals surface area contributed by atoms with Crippen LogP contribution in [0.15, 0.2) is 12.2 Å². The van der Waals surface area contributed by atoms with Crippen molar-refractivity contribution in [2.45, 2.75) is 59.3 Å². The van der Waals surface area contributed by atoms with E-state index in [1.807, 2.05) is 0 Å². The molecule has 0 N–H and O–H groups in total. The van der Waals surface area contributed by atoms with Crippen LogP contribution in [0.2, 0.25) is 0 Å². The van der Waals surface area contributed by atoms with Crippen LogP contribution in [-0.4, -0.2) is 0 Å². The highest BCUT2D eigenvalue weighted by atomic mass is 14.7. The van der Waals surface area contributed by atoms with Gasteiger partial charge in [-0.15, -0.1) is 0 Å². The van der Waals surface area contributed by atoms with E-state index >= 15 is 0 Å². The molecule has 15 heavy (non-hydrogen) atoms. The first-order valence-electron chi connectivity index (χ1n) is 6.65. The minimum absolute atomic E-state index is 0.484. The second-order valence-corrected chi connectivity index (χ2v) is 6.94. The van der Waals surface area contributed by atoms with Gasteiger partial charge in [-0.05, 0) is 54.3 Å². The molecule has 0 aromatic rings. The molecule has 3 aliphatic carbocycles. The summed E-state index contributed by atoms with van der Waals surface area (Å²) in [4.78, 5) is 0. The van der Waals surface area contributed by atoms with Crippen molar-refractivity contribution in [2.75, 3.05) is 0 Å². The maximum atomic E-state index is 4.43. The fourth-order valence-corrected chi connectivity index (χ4v) is 5.99. The third-order valence-corrected chi connectivity index (χ3v) is 6.66. The van der Waals surface area contributed by atoms with Gasteiger partial charge in [0.15, 0.2) is 0 Å². The molecule has 0 amide bonds. The molecule has 3 fully saturated rings. The smallest absolute Gasteiger partial charge is 0.00545 e. The van der Waals surface area contributed by atoms with Gasteiger partial charge in [0, 0.05) is 0 Å². The summed E-state index contributed by atoms with van der Waals surface area (Å²) < 4.78 is 0. The van der Waals surface area contributed by atoms with Crippen LogP contribution in [0.4, 0.5) is 0 Å². The van der Waals surface area contributed by atoms with Crippen LogP contribution in [-0.2, 0) is 0 Å². The van der Waals surface area contributed by atoms with Crippen molar-refractivity contribution in [1.29, 1.82) is 0 Å². The van der Waals surface area contributed by atoms with Gasteiger partial charge >= 0.3 is 0 Å². The normalized spacial score (nSPS) is 58.3. The molecule has 0 aliphatic heterocycles. The lowest BCUT2D eigenvalue weighted by atomic mass is 9.57. The van der Waals surface area contributed by atoms with Gasteiger partial charge in [0.25, 0.3) is 0 Å². The number of hydrogen-bond donors (Lipinski definition) is 0. The van der Waals surface area contributed by atoms with Gasteiger partial charge in [-0.3, -0.25) is 0 Å². The lowest BCUT2D eigenvalue weighted by molar-refractivity contribution is 0.0171. The Morgan fingerprint density at radius 2 is 1.93 bits per heavy atom. The molecule has 0 radical (unpaired) electrons. The monoisotopic (exact) mass is 204 g/mol. The second kappa shape index (κ2) is 2.52. The molecule has 3 aliphatic rings. The van der Waals surface area contributed by atoms with Crippen LogP contribution < -0.4 is 0 Å². The largest absolute Gasteiger partial charge is 0.0993 e. The van der Waals surface area contributed by atoms with Gasteiger partial charge < -0.3 is 0 Å². The lowest BCUT2D eigenvalue weighted by Gasteiger charge is -2.47. The molecule has 4 atom stereocenters. The predicted octanol–water partition coefficient (Wildman–Crippen LogP) is 4.56. The maximum Gasteiger partial charge on any atom is -0.00545 e. The third-order valence-electron chi connectivity index (χ3n) is 6.66. The van der Waals surface area contributed by atoms with Crippen LogP contribution in [0.25, 0.3) is 0 Å². The standard InChI is InChI=1S/C15H24/c1-11-6-9-14(4)12(2)10-13(3)7-5-8-15(11,13)14/h11H,2,5-10H2,1,3-4H3/t11-,13+,14+,15-/m1/s1. The fourth-order valence-electron chi connectivity index (χ4n) is 5.99. The fraction of sp³-hybridized carbons (Fsp3) is 0.867. The maximum absolute atomic E-state index is 4.43. The quantitative estimate of drug-likeness (QED) is 0.507. The Balaban J connectivity index is 2.21. The predicted molar refractivity (Wildman–Crippen MR) is 64.7 cm³/mol. The molecule has 0 aromatic heterocycles. The van der Waals surface area contributed by atoms with Gasteiger partial charge in [0.05, 0.1) is 0 Å². The van der Waals surface area contributed by atoms with E-state index in [9.17, 15) is 0 Å². The second-order valence-electron chi connectivity index (χ2n) is 6.94. The van der Waals surface area contributed by atoms with Crippen LogP contribution >= 0.6 is 0 Å². The molecular formula is C15H24. The average Bonchev–Trinajstić information content (AvgIpc) is 2.67. The van der Waals surface area contributed by atoms with Gasteiger partial charge in [-0.2, -0.15) is 0 Å². The SMILES string of the molecule is C=C1C[C@]2(C)CCC[C@@]23[C@H](C)CC[C@@]13C. The summed E-state index contributed by atoms with van der Waals surface area (Å²) in [5.74, 6) is 0.925. The summed E-state index contributed by atoms with van der Waals surface area (Å²) in [6.45, 7) is 12.0. The highest BCUT2D eigenvalue weighted by molar-refractivity contribution is 5.33. The van der Waals surface area contributed by atoms with Crippen molar-refractivity contribution < 1.29 is 0 Å². The minimum atomic E-state index is 0.484. The summed E-state index contributed by atoms with van der Waals surface area (Å²) in [7, 11) is 0. The zero-order valence-corrected chi connectivity index (χ0v) is 10.5. The summed E-state index contributed by atoms with van der Waals surface area (Å²) in [5, 5.41) is 0. The van der Waals surface area contributed by atoms with Crippen molar-refractivity contribution in [3.05, 3.63) is 12.2 Å². The Hall–Kier alpha value is -0.260. The molecule has 0 aromatic carbocycles. The van der Waals surface area contributed by atoms with E-state index < -0.39 is 0 Å². The summed E-state index contributed by atoms with van der Waals surface area (Å²) in [6, 6.07) is 0. The summed E-state index contributed by atoms with van der Waals surface area (Å²) in [6.07, 6.45) is 8.54. The third kappa shape index (κ3) is 0.797. The van der Waals surface area contributed by atoms with E-state index in [4.69, 9.17) is 0 Å². The van der Waals surface area contributed by atoms with Crippen LogP contribution in [0.3, 0.4) is 0 Å². The van der Waals surface area contributed by atoms with E-state index in [1.165, 1.54) is 38.5 Å². The molecule has 84 valence electrons. The van der Waals surface area contributed by atoms with Gasteiger partial charge in [0.1, 0.15) is 0 Å². The van der Waals surface area contributed by atoms with Gasteiger partial charge in [-0.1, -0.05) is 39.3 Å². The topological polar surface area (TPSA) is 0 Å². The van der Waals surface area contributed by atoms with Crippen molar-refractivity contribution in [2.24, 2.45) is 22.2 Å². The van der Waals surface area contributed by atoms with E-state index in [2.05, 4.69) is 27.4 Å². The molecule has 0 unspecified atom stereocenters. The molecule has 0 nitrogen and oxygen atoms in total. The van der Waals surface area contributed by atoms with Crippen LogP contribution in [0.5, 0.6) is 0 Å². The minimum Gasteiger partial charge on any atom is -0.0993 e. The molecule has 1 spiro atoms. The molecular weight excluding hydrogens is 180 g/mol. The van der Waals surface area contributed by atoms with Crippen molar-refractivity contribution in [3.63, 3.8) is 0 Å². The number of rotatable bonds is 0. The summed E-state index contributed by atoms with van der Waals surface area (Å²) >= 11 is 0. The van der Waals surface area contributed by atoms with Gasteiger partial charge in [0.2, 0.25) is 0 Å². The first-order valence-corrected chi connectivity index (χ1v) is 6.65. The van der Waals surface area contributed by atoms with E-state index in [0.717, 1.165) is 5.92 Å². The highest BCUT2D eigenvalue weighted by Gasteiger charge is 2.70. The number of hydrogen-bond acceptors (Lipinski definition) is 0. The van der Waals surface area contributed by atoms with Crippen molar-refractivity contribution in [1.82, 2.24) is 0 Å². The average molecular weight is 204 g/mol. The summed E-state index contributed by atoms with van der Waals surface area (Å²) in [5.41, 5.74) is 3.28. The van der Waals surface area contributed by atoms with E-state index in [0.29, 0.717) is 16.2 Å². The Bertz CT molecular complexity index is 329. The molecule has 3 saturated carbocycles. The highest BCUT2D eigenvalue weighted by Crippen LogP contribution is 2.79. The van der Waals surface area contributed by atoms with Crippen molar-refractivity contribution in [3.8, 4) is 0 Å². The van der Waals surface area contributed by atoms with Crippen molar-refractivity contribution >= 4 is 0 Å². The lowest BCUT2D eigenvalue weighted by Crippen LogP contribution is -2.41. The number of allylic oxidation sites excluding steroid dienone is 1. The van der Waals surface area contributed by atoms with E-state index in [1.54, 1.807) is 5.57 Å². The molecule has 0 heterocycles. The van der Waals surface area contributed by atoms with E-state index in [-0.39, 0.29) is 0 Å². The van der Waals surface area contributed by atoms with Crippen LogP contribution in [0, 0.1) is 22.2 Å². The zero-order chi connectivity index (χ0) is 10.9.